The van der Waals surface area contributed by atoms with Crippen LogP contribution in [0.15, 0.2) is 24.3 Å². The molecular formula is C68H128O17P2. The van der Waals surface area contributed by atoms with E-state index in [-0.39, 0.29) is 25.7 Å². The number of phosphoric acid groups is 2. The maximum atomic E-state index is 13.0. The van der Waals surface area contributed by atoms with E-state index in [0.717, 1.165) is 121 Å². The maximum absolute atomic E-state index is 13.0. The number of allylic oxidation sites excluding steroid dienone is 4. The van der Waals surface area contributed by atoms with E-state index in [4.69, 9.17) is 37.0 Å². The minimum absolute atomic E-state index is 0.0843. The number of carbonyl (C=O) groups is 4. The van der Waals surface area contributed by atoms with Crippen molar-refractivity contribution in [1.29, 1.82) is 0 Å². The molecule has 0 radical (unpaired) electrons. The van der Waals surface area contributed by atoms with E-state index in [9.17, 15) is 43.2 Å². The molecule has 87 heavy (non-hydrogen) atoms. The minimum Gasteiger partial charge on any atom is -0.462 e. The number of ether oxygens (including phenoxy) is 4. The van der Waals surface area contributed by atoms with E-state index >= 15 is 0 Å². The summed E-state index contributed by atoms with van der Waals surface area (Å²) in [6.45, 7) is 9.43. The van der Waals surface area contributed by atoms with Crippen LogP contribution in [0.2, 0.25) is 0 Å². The van der Waals surface area contributed by atoms with Gasteiger partial charge >= 0.3 is 39.5 Å². The Labute approximate surface area is 529 Å². The van der Waals surface area contributed by atoms with Gasteiger partial charge in [-0.1, -0.05) is 265 Å². The Morgan fingerprint density at radius 2 is 0.644 bits per heavy atom. The van der Waals surface area contributed by atoms with Gasteiger partial charge in [0.05, 0.1) is 26.4 Å². The molecule has 0 saturated heterocycles. The van der Waals surface area contributed by atoms with Gasteiger partial charge in [0.2, 0.25) is 0 Å². The molecule has 0 aromatic heterocycles. The second-order valence-corrected chi connectivity index (χ2v) is 27.3. The summed E-state index contributed by atoms with van der Waals surface area (Å²) in [7, 11) is -9.91. The van der Waals surface area contributed by atoms with Gasteiger partial charge in [-0.05, 0) is 63.2 Å². The van der Waals surface area contributed by atoms with Crippen molar-refractivity contribution in [1.82, 2.24) is 0 Å². The van der Waals surface area contributed by atoms with Crippen LogP contribution in [-0.4, -0.2) is 96.7 Å². The van der Waals surface area contributed by atoms with Crippen molar-refractivity contribution in [2.24, 2.45) is 11.8 Å². The average molecular weight is 1280 g/mol. The second-order valence-electron chi connectivity index (χ2n) is 24.4. The molecule has 0 aromatic rings. The summed E-state index contributed by atoms with van der Waals surface area (Å²) in [6.07, 6.45) is 46.6. The number of hydrogen-bond donors (Lipinski definition) is 3. The highest BCUT2D eigenvalue weighted by atomic mass is 31.2. The molecule has 0 rings (SSSR count). The molecule has 0 spiro atoms. The first-order valence-electron chi connectivity index (χ1n) is 34.9. The molecule has 0 bridgehead atoms. The molecule has 0 heterocycles. The quantitative estimate of drug-likeness (QED) is 0.0169. The Bertz CT molecular complexity index is 1800. The van der Waals surface area contributed by atoms with Gasteiger partial charge in [0.15, 0.2) is 12.2 Å². The Morgan fingerprint density at radius 3 is 0.977 bits per heavy atom. The van der Waals surface area contributed by atoms with Gasteiger partial charge in [0.25, 0.3) is 0 Å². The van der Waals surface area contributed by atoms with E-state index in [0.29, 0.717) is 25.7 Å². The van der Waals surface area contributed by atoms with E-state index in [1.54, 1.807) is 0 Å². The first kappa shape index (κ1) is 84.5. The van der Waals surface area contributed by atoms with Crippen LogP contribution in [0.5, 0.6) is 0 Å². The van der Waals surface area contributed by atoms with E-state index in [1.807, 2.05) is 0 Å². The SMILES string of the molecule is CCCCCC/C=C\C=C/CCCCCCCC(=O)O[C@H](COC(=O)CCCCCCCCCCC(C)CC)COP(=O)(O)OC[C@@H](O)COP(=O)(O)OC[C@@H](COC(=O)CCCCCCCCCC)OC(=O)CCCCCCCCCCC(C)CC. The van der Waals surface area contributed by atoms with Crippen molar-refractivity contribution in [3.05, 3.63) is 24.3 Å². The number of unbranched alkanes of at least 4 members (excludes halogenated alkanes) is 30. The van der Waals surface area contributed by atoms with E-state index < -0.39 is 97.5 Å². The smallest absolute Gasteiger partial charge is 0.462 e. The third-order valence-corrected chi connectivity index (χ3v) is 17.7. The van der Waals surface area contributed by atoms with Crippen LogP contribution >= 0.6 is 15.6 Å². The van der Waals surface area contributed by atoms with Gasteiger partial charge in [-0.25, -0.2) is 9.13 Å². The Kier molecular flexibility index (Phi) is 58.1. The summed E-state index contributed by atoms with van der Waals surface area (Å²) in [5, 5.41) is 10.6. The van der Waals surface area contributed by atoms with Gasteiger partial charge in [-0.15, -0.1) is 0 Å². The molecule has 0 fully saturated rings. The van der Waals surface area contributed by atoms with Gasteiger partial charge < -0.3 is 33.8 Å². The van der Waals surface area contributed by atoms with Crippen molar-refractivity contribution in [3.63, 3.8) is 0 Å². The zero-order valence-corrected chi connectivity index (χ0v) is 57.6. The fourth-order valence-electron chi connectivity index (χ4n) is 9.63. The molecule has 0 saturated carbocycles. The third kappa shape index (κ3) is 59.6. The molecule has 17 nitrogen and oxygen atoms in total. The number of hydrogen-bond acceptors (Lipinski definition) is 15. The molecule has 0 aliphatic rings. The van der Waals surface area contributed by atoms with Crippen LogP contribution in [0, 0.1) is 11.8 Å². The molecule has 3 N–H and O–H groups in total. The number of carbonyl (C=O) groups excluding carboxylic acids is 4. The lowest BCUT2D eigenvalue weighted by molar-refractivity contribution is -0.161. The fraction of sp³-hybridized carbons (Fsp3) is 0.882. The first-order chi connectivity index (χ1) is 41.9. The summed E-state index contributed by atoms with van der Waals surface area (Å²) >= 11 is 0. The lowest BCUT2D eigenvalue weighted by Crippen LogP contribution is -2.30. The average Bonchev–Trinajstić information content (AvgIpc) is 3.70. The molecular weight excluding hydrogens is 1150 g/mol. The highest BCUT2D eigenvalue weighted by Crippen LogP contribution is 2.45. The summed E-state index contributed by atoms with van der Waals surface area (Å²) in [5.74, 6) is -0.619. The van der Waals surface area contributed by atoms with Crippen LogP contribution in [0.4, 0.5) is 0 Å². The highest BCUT2D eigenvalue weighted by molar-refractivity contribution is 7.47. The van der Waals surface area contributed by atoms with Crippen molar-refractivity contribution >= 4 is 39.5 Å². The van der Waals surface area contributed by atoms with Crippen LogP contribution in [0.3, 0.4) is 0 Å². The maximum Gasteiger partial charge on any atom is 0.472 e. The molecule has 512 valence electrons. The van der Waals surface area contributed by atoms with Crippen molar-refractivity contribution < 1.29 is 80.2 Å². The van der Waals surface area contributed by atoms with Gasteiger partial charge in [-0.2, -0.15) is 0 Å². The Balaban J connectivity index is 5.28. The fourth-order valence-corrected chi connectivity index (χ4v) is 11.2. The standard InChI is InChI=1S/C68H128O17P2/c1-7-11-13-15-17-19-20-21-22-23-24-25-34-40-46-52-67(72)84-64(57-79-66(71)51-45-39-33-28-26-30-36-42-48-60(5)9-3)59-83-87(76,77)81-55-62(69)54-80-86(74,75)82-58-63(56-78-65(70)50-44-38-32-18-16-14-12-8-2)85-68(73)53-47-41-35-29-27-31-37-43-49-61(6)10-4/h19-22,60-64,69H,7-18,23-59H2,1-6H3,(H,74,75)(H,76,77)/b20-19-,22-21-/t60?,61?,62-,63+,64+/m0/s1. The molecule has 0 amide bonds. The summed E-state index contributed by atoms with van der Waals surface area (Å²) in [5.41, 5.74) is 0. The van der Waals surface area contributed by atoms with Crippen molar-refractivity contribution in [3.8, 4) is 0 Å². The largest absolute Gasteiger partial charge is 0.472 e. The minimum atomic E-state index is -4.96. The zero-order valence-electron chi connectivity index (χ0n) is 55.8. The summed E-state index contributed by atoms with van der Waals surface area (Å²) in [6, 6.07) is 0. The molecule has 0 aliphatic heterocycles. The topological polar surface area (TPSA) is 237 Å². The number of aliphatic hydroxyl groups is 1. The normalized spacial score (nSPS) is 15.0. The van der Waals surface area contributed by atoms with Crippen molar-refractivity contribution in [2.45, 2.75) is 336 Å². The van der Waals surface area contributed by atoms with Gasteiger partial charge in [-0.3, -0.25) is 37.3 Å². The predicted octanol–water partition coefficient (Wildman–Crippen LogP) is 18.8. The van der Waals surface area contributed by atoms with Crippen LogP contribution in [-0.2, 0) is 65.4 Å². The van der Waals surface area contributed by atoms with Crippen LogP contribution < -0.4 is 0 Å². The number of esters is 4. The predicted molar refractivity (Wildman–Crippen MR) is 349 cm³/mol. The monoisotopic (exact) mass is 1280 g/mol. The highest BCUT2D eigenvalue weighted by Gasteiger charge is 2.30. The first-order valence-corrected chi connectivity index (χ1v) is 37.9. The van der Waals surface area contributed by atoms with Crippen molar-refractivity contribution in [2.75, 3.05) is 39.6 Å². The lowest BCUT2D eigenvalue weighted by Gasteiger charge is -2.21. The van der Waals surface area contributed by atoms with Gasteiger partial charge in [0, 0.05) is 25.7 Å². The van der Waals surface area contributed by atoms with E-state index in [2.05, 4.69) is 65.8 Å². The van der Waals surface area contributed by atoms with Crippen LogP contribution in [0.25, 0.3) is 0 Å². The zero-order chi connectivity index (χ0) is 64.3. The Morgan fingerprint density at radius 1 is 0.368 bits per heavy atom. The Hall–Kier alpha value is -2.46. The van der Waals surface area contributed by atoms with Crippen LogP contribution in [0.1, 0.15) is 318 Å². The summed E-state index contributed by atoms with van der Waals surface area (Å²) < 4.78 is 68.1. The second kappa shape index (κ2) is 59.8. The summed E-state index contributed by atoms with van der Waals surface area (Å²) in [4.78, 5) is 72.3. The lowest BCUT2D eigenvalue weighted by atomic mass is 9.99. The molecule has 4 unspecified atom stereocenters. The number of phosphoric ester groups is 2. The number of aliphatic hydroxyl groups excluding tert-OH is 1. The number of rotatable bonds is 65. The van der Waals surface area contributed by atoms with Gasteiger partial charge in [0.1, 0.15) is 19.3 Å². The van der Waals surface area contributed by atoms with E-state index in [1.165, 1.54) is 116 Å². The molecule has 0 aromatic carbocycles. The molecule has 7 atom stereocenters. The molecule has 0 aliphatic carbocycles. The molecule has 19 heteroatoms. The third-order valence-electron chi connectivity index (χ3n) is 15.8.